The third-order valence-electron chi connectivity index (χ3n) is 3.74. The maximum absolute atomic E-state index is 5.33. The molecule has 0 aliphatic heterocycles. The zero-order chi connectivity index (χ0) is 13.9. The Morgan fingerprint density at radius 3 is 3.10 bits per heavy atom. The van der Waals surface area contributed by atoms with Crippen molar-refractivity contribution in [2.75, 3.05) is 7.11 Å². The lowest BCUT2D eigenvalue weighted by atomic mass is 9.87. The van der Waals surface area contributed by atoms with Crippen LogP contribution in [-0.4, -0.2) is 17.3 Å². The lowest BCUT2D eigenvalue weighted by molar-refractivity contribution is 0.380. The first-order valence-electron chi connectivity index (χ1n) is 6.95. The van der Waals surface area contributed by atoms with E-state index in [1.165, 1.54) is 17.5 Å². The normalized spacial score (nSPS) is 17.8. The summed E-state index contributed by atoms with van der Waals surface area (Å²) in [7, 11) is 1.70. The van der Waals surface area contributed by atoms with Crippen molar-refractivity contribution in [3.05, 3.63) is 41.0 Å². The van der Waals surface area contributed by atoms with Gasteiger partial charge in [-0.1, -0.05) is 11.2 Å². The molecule has 20 heavy (non-hydrogen) atoms. The Kier molecular flexibility index (Phi) is 3.69. The van der Waals surface area contributed by atoms with E-state index < -0.39 is 0 Å². The molecule has 1 aliphatic rings. The van der Waals surface area contributed by atoms with Gasteiger partial charge in [0.15, 0.2) is 5.82 Å². The molecule has 1 aromatic carbocycles. The molecule has 0 bridgehead atoms. The zero-order valence-electron chi connectivity index (χ0n) is 11.8. The quantitative estimate of drug-likeness (QED) is 0.927. The van der Waals surface area contributed by atoms with Gasteiger partial charge in [-0.2, -0.15) is 4.98 Å². The fraction of sp³-hybridized carbons (Fsp3) is 0.467. The first-order valence-corrected chi connectivity index (χ1v) is 6.95. The van der Waals surface area contributed by atoms with E-state index in [4.69, 9.17) is 9.26 Å². The molecule has 3 rings (SSSR count). The number of hydrogen-bond acceptors (Lipinski definition) is 5. The monoisotopic (exact) mass is 273 g/mol. The van der Waals surface area contributed by atoms with Crippen molar-refractivity contribution in [2.24, 2.45) is 0 Å². The van der Waals surface area contributed by atoms with Crippen molar-refractivity contribution in [1.29, 1.82) is 0 Å². The number of nitrogens with zero attached hydrogens (tertiary/aromatic N) is 2. The largest absolute Gasteiger partial charge is 0.497 e. The van der Waals surface area contributed by atoms with Crippen LogP contribution in [-0.2, 0) is 13.0 Å². The third kappa shape index (κ3) is 2.67. The van der Waals surface area contributed by atoms with E-state index in [0.29, 0.717) is 24.3 Å². The number of aryl methyl sites for hydroxylation is 2. The fourth-order valence-corrected chi connectivity index (χ4v) is 2.74. The SMILES string of the molecule is COc1ccc2c(c1)C(NCc1noc(C)n1)CCC2. The van der Waals surface area contributed by atoms with Gasteiger partial charge >= 0.3 is 0 Å². The van der Waals surface area contributed by atoms with Crippen LogP contribution in [0.3, 0.4) is 0 Å². The highest BCUT2D eigenvalue weighted by molar-refractivity contribution is 5.39. The molecule has 0 fully saturated rings. The molecular weight excluding hydrogens is 254 g/mol. The van der Waals surface area contributed by atoms with Crippen LogP contribution in [0.2, 0.25) is 0 Å². The Morgan fingerprint density at radius 1 is 1.45 bits per heavy atom. The molecule has 0 saturated carbocycles. The summed E-state index contributed by atoms with van der Waals surface area (Å²) in [6, 6.07) is 6.66. The van der Waals surface area contributed by atoms with Crippen LogP contribution in [0.15, 0.2) is 22.7 Å². The summed E-state index contributed by atoms with van der Waals surface area (Å²) >= 11 is 0. The Bertz CT molecular complexity index is 595. The first kappa shape index (κ1) is 13.1. The standard InChI is InChI=1S/C15H19N3O2/c1-10-17-15(18-20-10)9-16-14-5-3-4-11-6-7-12(19-2)8-13(11)14/h6-8,14,16H,3-5,9H2,1-2H3. The van der Waals surface area contributed by atoms with Gasteiger partial charge in [-0.25, -0.2) is 0 Å². The summed E-state index contributed by atoms with van der Waals surface area (Å²) in [5.41, 5.74) is 2.73. The van der Waals surface area contributed by atoms with Gasteiger partial charge in [0.25, 0.3) is 0 Å². The Labute approximate surface area is 118 Å². The average molecular weight is 273 g/mol. The number of aromatic nitrogens is 2. The molecule has 5 heteroatoms. The van der Waals surface area contributed by atoms with Crippen molar-refractivity contribution in [1.82, 2.24) is 15.5 Å². The summed E-state index contributed by atoms with van der Waals surface area (Å²) in [4.78, 5) is 4.22. The molecule has 1 aromatic heterocycles. The second-order valence-electron chi connectivity index (χ2n) is 5.12. The van der Waals surface area contributed by atoms with Crippen molar-refractivity contribution in [3.63, 3.8) is 0 Å². The van der Waals surface area contributed by atoms with Crippen LogP contribution in [0.1, 0.15) is 41.7 Å². The van der Waals surface area contributed by atoms with Crippen molar-refractivity contribution in [2.45, 2.75) is 38.8 Å². The molecule has 2 aromatic rings. The number of nitrogens with one attached hydrogen (secondary N) is 1. The Morgan fingerprint density at radius 2 is 2.35 bits per heavy atom. The Hall–Kier alpha value is -1.88. The second kappa shape index (κ2) is 5.63. The highest BCUT2D eigenvalue weighted by Crippen LogP contribution is 2.32. The topological polar surface area (TPSA) is 60.2 Å². The molecule has 1 heterocycles. The summed E-state index contributed by atoms with van der Waals surface area (Å²) < 4.78 is 10.3. The van der Waals surface area contributed by atoms with Gasteiger partial charge in [-0.3, -0.25) is 0 Å². The highest BCUT2D eigenvalue weighted by Gasteiger charge is 2.20. The van der Waals surface area contributed by atoms with Crippen LogP contribution >= 0.6 is 0 Å². The van der Waals surface area contributed by atoms with Gasteiger partial charge in [-0.05, 0) is 42.5 Å². The molecule has 106 valence electrons. The summed E-state index contributed by atoms with van der Waals surface area (Å²) in [5.74, 6) is 2.22. The molecule has 1 N–H and O–H groups in total. The second-order valence-corrected chi connectivity index (χ2v) is 5.12. The van der Waals surface area contributed by atoms with Gasteiger partial charge in [-0.15, -0.1) is 0 Å². The molecule has 1 atom stereocenters. The minimum atomic E-state index is 0.327. The summed E-state index contributed by atoms with van der Waals surface area (Å²) in [5, 5.41) is 7.43. The van der Waals surface area contributed by atoms with E-state index in [2.05, 4.69) is 27.6 Å². The van der Waals surface area contributed by atoms with Crippen LogP contribution in [0.4, 0.5) is 0 Å². The fourth-order valence-electron chi connectivity index (χ4n) is 2.74. The maximum atomic E-state index is 5.33. The lowest BCUT2D eigenvalue weighted by Crippen LogP contribution is -2.25. The molecule has 1 unspecified atom stereocenters. The number of ether oxygens (including phenoxy) is 1. The first-order chi connectivity index (χ1) is 9.76. The van der Waals surface area contributed by atoms with Crippen LogP contribution in [0.5, 0.6) is 5.75 Å². The number of benzene rings is 1. The summed E-state index contributed by atoms with van der Waals surface area (Å²) in [6.45, 7) is 2.43. The highest BCUT2D eigenvalue weighted by atomic mass is 16.5. The van der Waals surface area contributed by atoms with Crippen LogP contribution in [0, 0.1) is 6.92 Å². The number of methoxy groups -OCH3 is 1. The van der Waals surface area contributed by atoms with Gasteiger partial charge in [0.1, 0.15) is 5.75 Å². The molecule has 1 aliphatic carbocycles. The van der Waals surface area contributed by atoms with Crippen molar-refractivity contribution in [3.8, 4) is 5.75 Å². The van der Waals surface area contributed by atoms with Crippen LogP contribution in [0.25, 0.3) is 0 Å². The molecule has 0 radical (unpaired) electrons. The summed E-state index contributed by atoms with van der Waals surface area (Å²) in [6.07, 6.45) is 3.46. The molecule has 0 saturated heterocycles. The van der Waals surface area contributed by atoms with Gasteiger partial charge < -0.3 is 14.6 Å². The third-order valence-corrected chi connectivity index (χ3v) is 3.74. The average Bonchev–Trinajstić information content (AvgIpc) is 2.90. The van der Waals surface area contributed by atoms with E-state index in [1.807, 2.05) is 6.07 Å². The maximum Gasteiger partial charge on any atom is 0.223 e. The number of fused-ring (bicyclic) bond motifs is 1. The van der Waals surface area contributed by atoms with E-state index >= 15 is 0 Å². The zero-order valence-corrected chi connectivity index (χ0v) is 11.8. The minimum Gasteiger partial charge on any atom is -0.497 e. The molecule has 0 spiro atoms. The number of rotatable bonds is 4. The van der Waals surface area contributed by atoms with E-state index in [0.717, 1.165) is 18.6 Å². The molecular formula is C15H19N3O2. The van der Waals surface area contributed by atoms with Crippen molar-refractivity contribution < 1.29 is 9.26 Å². The van der Waals surface area contributed by atoms with Crippen LogP contribution < -0.4 is 10.1 Å². The van der Waals surface area contributed by atoms with Gasteiger partial charge in [0.2, 0.25) is 5.89 Å². The Balaban J connectivity index is 1.75. The molecule has 0 amide bonds. The number of hydrogen-bond donors (Lipinski definition) is 1. The van der Waals surface area contributed by atoms with E-state index in [-0.39, 0.29) is 0 Å². The predicted octanol–water partition coefficient (Wildman–Crippen LogP) is 2.55. The van der Waals surface area contributed by atoms with Gasteiger partial charge in [0, 0.05) is 13.0 Å². The minimum absolute atomic E-state index is 0.327. The molecule has 5 nitrogen and oxygen atoms in total. The van der Waals surface area contributed by atoms with E-state index in [9.17, 15) is 0 Å². The van der Waals surface area contributed by atoms with Crippen molar-refractivity contribution >= 4 is 0 Å². The predicted molar refractivity (Wildman–Crippen MR) is 74.5 cm³/mol. The smallest absolute Gasteiger partial charge is 0.223 e. The van der Waals surface area contributed by atoms with Gasteiger partial charge in [0.05, 0.1) is 13.7 Å². The lowest BCUT2D eigenvalue weighted by Gasteiger charge is -2.26. The van der Waals surface area contributed by atoms with E-state index in [1.54, 1.807) is 14.0 Å².